The molecule has 1 aromatic heterocycles. The van der Waals surface area contributed by atoms with Crippen molar-refractivity contribution in [2.45, 2.75) is 13.5 Å². The van der Waals surface area contributed by atoms with Crippen LogP contribution in [0.3, 0.4) is 0 Å². The zero-order valence-corrected chi connectivity index (χ0v) is 18.2. The van der Waals surface area contributed by atoms with Crippen molar-refractivity contribution < 1.29 is 14.3 Å². The van der Waals surface area contributed by atoms with E-state index in [4.69, 9.17) is 21.1 Å². The lowest BCUT2D eigenvalue weighted by molar-refractivity contribution is 0.155. The largest absolute Gasteiger partial charge is 0.496 e. The molecule has 0 fully saturated rings. The molecular formula is C21H22ClN3O3S. The van der Waals surface area contributed by atoms with Gasteiger partial charge in [-0.25, -0.2) is 9.78 Å². The van der Waals surface area contributed by atoms with Gasteiger partial charge in [-0.1, -0.05) is 35.1 Å². The van der Waals surface area contributed by atoms with Gasteiger partial charge in [0.05, 0.1) is 18.4 Å². The molecule has 152 valence electrons. The van der Waals surface area contributed by atoms with Crippen molar-refractivity contribution in [1.82, 2.24) is 4.98 Å². The van der Waals surface area contributed by atoms with Crippen LogP contribution < -0.4 is 15.0 Å². The van der Waals surface area contributed by atoms with Crippen molar-refractivity contribution in [3.8, 4) is 16.3 Å². The average molecular weight is 432 g/mol. The van der Waals surface area contributed by atoms with E-state index in [-0.39, 0.29) is 6.61 Å². The van der Waals surface area contributed by atoms with Crippen LogP contribution in [0.5, 0.6) is 5.75 Å². The van der Waals surface area contributed by atoms with E-state index in [9.17, 15) is 4.79 Å². The molecule has 0 aliphatic carbocycles. The number of benzene rings is 2. The quantitative estimate of drug-likeness (QED) is 0.550. The lowest BCUT2D eigenvalue weighted by Crippen LogP contribution is -2.14. The molecule has 1 N–H and O–H groups in total. The average Bonchev–Trinajstić information content (AvgIpc) is 3.06. The molecule has 1 heterocycles. The van der Waals surface area contributed by atoms with Gasteiger partial charge in [0.25, 0.3) is 0 Å². The van der Waals surface area contributed by atoms with Crippen LogP contribution in [0.25, 0.3) is 10.6 Å². The Morgan fingerprint density at radius 1 is 1.24 bits per heavy atom. The van der Waals surface area contributed by atoms with Crippen LogP contribution in [0.15, 0.2) is 42.5 Å². The Balaban J connectivity index is 1.68. The first-order valence-corrected chi connectivity index (χ1v) is 10.1. The fourth-order valence-corrected chi connectivity index (χ4v) is 3.82. The van der Waals surface area contributed by atoms with E-state index in [1.165, 1.54) is 11.3 Å². The van der Waals surface area contributed by atoms with Crippen molar-refractivity contribution in [2.24, 2.45) is 0 Å². The molecule has 0 atom stereocenters. The highest BCUT2D eigenvalue weighted by Crippen LogP contribution is 2.38. The smallest absolute Gasteiger partial charge is 0.412 e. The van der Waals surface area contributed by atoms with Gasteiger partial charge >= 0.3 is 6.09 Å². The number of ether oxygens (including phenoxy) is 2. The summed E-state index contributed by atoms with van der Waals surface area (Å²) in [5.74, 6) is 0.626. The molecule has 0 aliphatic heterocycles. The fourth-order valence-electron chi connectivity index (χ4n) is 2.67. The third-order valence-corrected chi connectivity index (χ3v) is 5.54. The van der Waals surface area contributed by atoms with E-state index in [2.05, 4.69) is 10.3 Å². The summed E-state index contributed by atoms with van der Waals surface area (Å²) in [5.41, 5.74) is 3.48. The number of carbonyl (C=O) groups excluding carboxylic acids is 1. The molecule has 0 radical (unpaired) electrons. The van der Waals surface area contributed by atoms with Gasteiger partial charge in [0.1, 0.15) is 22.4 Å². The zero-order valence-electron chi connectivity index (χ0n) is 16.7. The molecule has 6 nitrogen and oxygen atoms in total. The van der Waals surface area contributed by atoms with Crippen molar-refractivity contribution in [3.05, 3.63) is 58.7 Å². The van der Waals surface area contributed by atoms with Gasteiger partial charge in [0.2, 0.25) is 0 Å². The Morgan fingerprint density at radius 2 is 2.03 bits per heavy atom. The minimum absolute atomic E-state index is 0.184. The van der Waals surface area contributed by atoms with Crippen LogP contribution in [0, 0.1) is 6.92 Å². The maximum Gasteiger partial charge on any atom is 0.412 e. The number of aryl methyl sites for hydroxylation is 1. The highest BCUT2D eigenvalue weighted by molar-refractivity contribution is 7.19. The van der Waals surface area contributed by atoms with Gasteiger partial charge in [-0.3, -0.25) is 5.32 Å². The van der Waals surface area contributed by atoms with Crippen molar-refractivity contribution in [1.29, 1.82) is 0 Å². The molecule has 3 aromatic rings. The highest BCUT2D eigenvalue weighted by atomic mass is 35.5. The summed E-state index contributed by atoms with van der Waals surface area (Å²) in [6.07, 6.45) is -0.526. The Kier molecular flexibility index (Phi) is 6.61. The van der Waals surface area contributed by atoms with E-state index < -0.39 is 6.09 Å². The number of hydrogen-bond acceptors (Lipinski definition) is 6. The predicted molar refractivity (Wildman–Crippen MR) is 118 cm³/mol. The standard InChI is InChI=1S/C21H22ClN3O3S/c1-13-19(29-20(23-13)17-9-8-15(22)11-18(17)27-4)24-21(26)28-12-14-6-5-7-16(10-14)25(2)3/h5-11H,12H2,1-4H3,(H,24,26). The first-order chi connectivity index (χ1) is 13.9. The Bertz CT molecular complexity index is 1020. The second kappa shape index (κ2) is 9.15. The second-order valence-electron chi connectivity index (χ2n) is 6.54. The van der Waals surface area contributed by atoms with E-state index in [0.29, 0.717) is 21.5 Å². The predicted octanol–water partition coefficient (Wildman–Crippen LogP) is 5.60. The number of rotatable bonds is 6. The third kappa shape index (κ3) is 5.19. The maximum absolute atomic E-state index is 12.3. The number of nitrogens with zero attached hydrogens (tertiary/aromatic N) is 2. The molecule has 0 saturated carbocycles. The molecule has 8 heteroatoms. The Labute approximate surface area is 179 Å². The lowest BCUT2D eigenvalue weighted by atomic mass is 10.2. The van der Waals surface area contributed by atoms with E-state index in [1.54, 1.807) is 19.2 Å². The SMILES string of the molecule is COc1cc(Cl)ccc1-c1nc(C)c(NC(=O)OCc2cccc(N(C)C)c2)s1. The van der Waals surface area contributed by atoms with Crippen molar-refractivity contribution >= 4 is 39.7 Å². The molecule has 0 spiro atoms. The molecule has 3 rings (SSSR count). The Hall–Kier alpha value is -2.77. The molecule has 2 aromatic carbocycles. The maximum atomic E-state index is 12.3. The van der Waals surface area contributed by atoms with E-state index in [1.807, 2.05) is 56.3 Å². The zero-order chi connectivity index (χ0) is 21.0. The number of carbonyl (C=O) groups is 1. The lowest BCUT2D eigenvalue weighted by Gasteiger charge is -2.13. The monoisotopic (exact) mass is 431 g/mol. The normalized spacial score (nSPS) is 10.5. The van der Waals surface area contributed by atoms with Gasteiger partial charge in [-0.05, 0) is 42.8 Å². The number of methoxy groups -OCH3 is 1. The highest BCUT2D eigenvalue weighted by Gasteiger charge is 2.16. The summed E-state index contributed by atoms with van der Waals surface area (Å²) in [4.78, 5) is 18.8. The van der Waals surface area contributed by atoms with Crippen LogP contribution in [0.4, 0.5) is 15.5 Å². The molecule has 0 unspecified atom stereocenters. The topological polar surface area (TPSA) is 63.7 Å². The number of anilines is 2. The minimum atomic E-state index is -0.526. The summed E-state index contributed by atoms with van der Waals surface area (Å²) in [6.45, 7) is 2.02. The Morgan fingerprint density at radius 3 is 2.76 bits per heavy atom. The van der Waals surface area contributed by atoms with Gasteiger partial charge < -0.3 is 14.4 Å². The van der Waals surface area contributed by atoms with Crippen LogP contribution >= 0.6 is 22.9 Å². The van der Waals surface area contributed by atoms with Crippen LogP contribution in [0.2, 0.25) is 5.02 Å². The minimum Gasteiger partial charge on any atom is -0.496 e. The summed E-state index contributed by atoms with van der Waals surface area (Å²) >= 11 is 7.38. The van der Waals surface area contributed by atoms with E-state index in [0.717, 1.165) is 21.8 Å². The van der Waals surface area contributed by atoms with Crippen LogP contribution in [-0.2, 0) is 11.3 Å². The molecule has 1 amide bonds. The van der Waals surface area contributed by atoms with Gasteiger partial charge in [-0.2, -0.15) is 0 Å². The second-order valence-corrected chi connectivity index (χ2v) is 7.98. The van der Waals surface area contributed by atoms with Crippen molar-refractivity contribution in [3.63, 3.8) is 0 Å². The number of aromatic nitrogens is 1. The summed E-state index contributed by atoms with van der Waals surface area (Å²) in [6, 6.07) is 13.2. The summed E-state index contributed by atoms with van der Waals surface area (Å²) in [7, 11) is 5.51. The number of nitrogens with one attached hydrogen (secondary N) is 1. The molecule has 0 aliphatic rings. The molecular weight excluding hydrogens is 410 g/mol. The van der Waals surface area contributed by atoms with Gasteiger partial charge in [0.15, 0.2) is 0 Å². The van der Waals surface area contributed by atoms with Gasteiger partial charge in [0, 0.05) is 24.8 Å². The summed E-state index contributed by atoms with van der Waals surface area (Å²) in [5, 5.41) is 4.71. The number of halogens is 1. The van der Waals surface area contributed by atoms with Crippen molar-refractivity contribution in [2.75, 3.05) is 31.4 Å². The van der Waals surface area contributed by atoms with Crippen LogP contribution in [0.1, 0.15) is 11.3 Å². The molecule has 0 bridgehead atoms. The fraction of sp³-hybridized carbons (Fsp3) is 0.238. The third-order valence-electron chi connectivity index (χ3n) is 4.20. The number of amides is 1. The summed E-state index contributed by atoms with van der Waals surface area (Å²) < 4.78 is 10.8. The molecule has 0 saturated heterocycles. The first kappa shape index (κ1) is 21.0. The number of hydrogen-bond donors (Lipinski definition) is 1. The van der Waals surface area contributed by atoms with Crippen LogP contribution in [-0.4, -0.2) is 32.3 Å². The van der Waals surface area contributed by atoms with E-state index >= 15 is 0 Å². The van der Waals surface area contributed by atoms with Gasteiger partial charge in [-0.15, -0.1) is 0 Å². The molecule has 29 heavy (non-hydrogen) atoms. The number of thiazole rings is 1. The first-order valence-electron chi connectivity index (χ1n) is 8.88.